The first-order chi connectivity index (χ1) is 8.35. The molecule has 0 amide bonds. The zero-order valence-electron chi connectivity index (χ0n) is 9.90. The predicted molar refractivity (Wildman–Crippen MR) is 66.2 cm³/mol. The molecule has 0 aliphatic carbocycles. The average molecular weight is 235 g/mol. The van der Waals surface area contributed by atoms with Gasteiger partial charge >= 0.3 is 0 Å². The fraction of sp³-hybridized carbons (Fsp3) is 0.417. The highest BCUT2D eigenvalue weighted by atomic mass is 16.5. The van der Waals surface area contributed by atoms with E-state index in [0.29, 0.717) is 19.0 Å². The number of aliphatic imine (C=N–C) groups is 1. The van der Waals surface area contributed by atoms with E-state index in [1.165, 1.54) is 5.56 Å². The summed E-state index contributed by atoms with van der Waals surface area (Å²) in [6.07, 6.45) is 0.944. The number of hydrogen-bond donors (Lipinski definition) is 2. The summed E-state index contributed by atoms with van der Waals surface area (Å²) >= 11 is 0. The predicted octanol–water partition coefficient (Wildman–Crippen LogP) is 0.478. The van der Waals surface area contributed by atoms with Crippen molar-refractivity contribution in [2.24, 2.45) is 10.8 Å². The lowest BCUT2D eigenvalue weighted by Crippen LogP contribution is -2.31. The molecule has 5 heteroatoms. The van der Waals surface area contributed by atoms with Crippen LogP contribution in [0.4, 0.5) is 0 Å². The highest BCUT2D eigenvalue weighted by Crippen LogP contribution is 2.25. The molecule has 92 valence electrons. The molecule has 0 aromatic heterocycles. The van der Waals surface area contributed by atoms with Crippen LogP contribution < -0.4 is 16.0 Å². The number of hydrogen-bond acceptors (Lipinski definition) is 4. The highest BCUT2D eigenvalue weighted by Gasteiger charge is 2.13. The van der Waals surface area contributed by atoms with E-state index < -0.39 is 0 Å². The van der Waals surface area contributed by atoms with Gasteiger partial charge < -0.3 is 14.9 Å². The summed E-state index contributed by atoms with van der Waals surface area (Å²) in [5, 5.41) is 0. The Kier molecular flexibility index (Phi) is 3.95. The van der Waals surface area contributed by atoms with Crippen molar-refractivity contribution in [3.63, 3.8) is 0 Å². The van der Waals surface area contributed by atoms with Crippen LogP contribution in [-0.2, 0) is 11.2 Å². The summed E-state index contributed by atoms with van der Waals surface area (Å²) in [5.41, 5.74) is 4.81. The molecule has 0 saturated heterocycles. The smallest absolute Gasteiger partial charge is 0.142 e. The maximum absolute atomic E-state index is 5.48. The standard InChI is InChI=1S/C12H17N3O2/c1-16-7-5-14-12(15-13)10-2-3-11-9(8-10)4-6-17-11/h2-3,8H,4-7,13H2,1H3,(H,14,15). The molecule has 1 aromatic carbocycles. The summed E-state index contributed by atoms with van der Waals surface area (Å²) in [5.74, 6) is 7.12. The van der Waals surface area contributed by atoms with E-state index in [9.17, 15) is 0 Å². The topological polar surface area (TPSA) is 68.9 Å². The zero-order valence-corrected chi connectivity index (χ0v) is 9.90. The first kappa shape index (κ1) is 11.9. The Labute approximate surface area is 101 Å². The van der Waals surface area contributed by atoms with Gasteiger partial charge in [0.1, 0.15) is 11.6 Å². The van der Waals surface area contributed by atoms with Crippen LogP contribution in [0, 0.1) is 0 Å². The second-order valence-electron chi connectivity index (χ2n) is 3.79. The van der Waals surface area contributed by atoms with Crippen LogP contribution in [0.15, 0.2) is 23.2 Å². The first-order valence-electron chi connectivity index (χ1n) is 5.61. The molecule has 0 bridgehead atoms. The largest absolute Gasteiger partial charge is 0.493 e. The molecule has 0 radical (unpaired) electrons. The monoisotopic (exact) mass is 235 g/mol. The normalized spacial score (nSPS) is 14.4. The first-order valence-corrected chi connectivity index (χ1v) is 5.61. The van der Waals surface area contributed by atoms with Gasteiger partial charge in [0, 0.05) is 19.1 Å². The molecule has 1 aliphatic heterocycles. The summed E-state index contributed by atoms with van der Waals surface area (Å²) in [6.45, 7) is 1.92. The van der Waals surface area contributed by atoms with Gasteiger partial charge in [0.15, 0.2) is 0 Å². The molecule has 0 saturated carbocycles. The maximum Gasteiger partial charge on any atom is 0.142 e. The van der Waals surface area contributed by atoms with E-state index in [1.807, 2.05) is 12.1 Å². The summed E-state index contributed by atoms with van der Waals surface area (Å²) < 4.78 is 10.4. The number of nitrogens with zero attached hydrogens (tertiary/aromatic N) is 1. The number of nitrogens with two attached hydrogens (primary N) is 1. The van der Waals surface area contributed by atoms with Gasteiger partial charge in [-0.2, -0.15) is 0 Å². The van der Waals surface area contributed by atoms with Gasteiger partial charge in [0.25, 0.3) is 0 Å². The number of hydrazine groups is 1. The highest BCUT2D eigenvalue weighted by molar-refractivity contribution is 5.98. The molecular formula is C12H17N3O2. The second-order valence-corrected chi connectivity index (χ2v) is 3.79. The van der Waals surface area contributed by atoms with Gasteiger partial charge in [-0.15, -0.1) is 0 Å². The molecule has 0 atom stereocenters. The molecular weight excluding hydrogens is 218 g/mol. The Hall–Kier alpha value is -1.59. The summed E-state index contributed by atoms with van der Waals surface area (Å²) in [6, 6.07) is 5.98. The van der Waals surface area contributed by atoms with Crippen molar-refractivity contribution in [2.45, 2.75) is 6.42 Å². The minimum Gasteiger partial charge on any atom is -0.493 e. The number of amidine groups is 1. The van der Waals surface area contributed by atoms with Crippen LogP contribution in [0.25, 0.3) is 0 Å². The molecule has 1 aromatic rings. The van der Waals surface area contributed by atoms with Crippen LogP contribution in [0.3, 0.4) is 0 Å². The lowest BCUT2D eigenvalue weighted by atomic mass is 10.1. The fourth-order valence-electron chi connectivity index (χ4n) is 1.80. The van der Waals surface area contributed by atoms with E-state index in [1.54, 1.807) is 7.11 Å². The van der Waals surface area contributed by atoms with Gasteiger partial charge in [-0.25, -0.2) is 5.84 Å². The third kappa shape index (κ3) is 2.75. The molecule has 5 nitrogen and oxygen atoms in total. The molecule has 1 heterocycles. The van der Waals surface area contributed by atoms with E-state index in [2.05, 4.69) is 16.5 Å². The number of ether oxygens (including phenoxy) is 2. The molecule has 0 spiro atoms. The molecule has 0 unspecified atom stereocenters. The lowest BCUT2D eigenvalue weighted by molar-refractivity contribution is 0.208. The van der Waals surface area contributed by atoms with Crippen molar-refractivity contribution in [1.29, 1.82) is 0 Å². The van der Waals surface area contributed by atoms with Crippen molar-refractivity contribution >= 4 is 5.84 Å². The Balaban J connectivity index is 2.16. The van der Waals surface area contributed by atoms with Crippen molar-refractivity contribution in [1.82, 2.24) is 5.43 Å². The molecule has 1 aliphatic rings. The molecule has 3 N–H and O–H groups in total. The molecule has 0 fully saturated rings. The zero-order chi connectivity index (χ0) is 12.1. The Bertz CT molecular complexity index is 418. The van der Waals surface area contributed by atoms with Gasteiger partial charge in [0.2, 0.25) is 0 Å². The van der Waals surface area contributed by atoms with Gasteiger partial charge in [-0.3, -0.25) is 4.99 Å². The number of fused-ring (bicyclic) bond motifs is 1. The van der Waals surface area contributed by atoms with E-state index >= 15 is 0 Å². The van der Waals surface area contributed by atoms with E-state index in [0.717, 1.165) is 24.3 Å². The van der Waals surface area contributed by atoms with Crippen LogP contribution >= 0.6 is 0 Å². The minimum absolute atomic E-state index is 0.583. The fourth-order valence-corrected chi connectivity index (χ4v) is 1.80. The van der Waals surface area contributed by atoms with E-state index in [4.69, 9.17) is 15.3 Å². The summed E-state index contributed by atoms with van der Waals surface area (Å²) in [4.78, 5) is 4.34. The van der Waals surface area contributed by atoms with Crippen molar-refractivity contribution in [2.75, 3.05) is 26.9 Å². The van der Waals surface area contributed by atoms with Crippen molar-refractivity contribution in [3.8, 4) is 5.75 Å². The van der Waals surface area contributed by atoms with Gasteiger partial charge in [0.05, 0.1) is 19.8 Å². The Morgan fingerprint density at radius 3 is 3.24 bits per heavy atom. The number of rotatable bonds is 4. The summed E-state index contributed by atoms with van der Waals surface area (Å²) in [7, 11) is 1.65. The third-order valence-electron chi connectivity index (χ3n) is 2.66. The number of nitrogens with one attached hydrogen (secondary N) is 1. The van der Waals surface area contributed by atoms with Crippen LogP contribution in [0.5, 0.6) is 5.75 Å². The number of methoxy groups -OCH3 is 1. The Morgan fingerprint density at radius 1 is 1.59 bits per heavy atom. The molecule has 17 heavy (non-hydrogen) atoms. The van der Waals surface area contributed by atoms with Crippen molar-refractivity contribution in [3.05, 3.63) is 29.3 Å². The maximum atomic E-state index is 5.48. The van der Waals surface area contributed by atoms with E-state index in [-0.39, 0.29) is 0 Å². The van der Waals surface area contributed by atoms with Gasteiger partial charge in [-0.05, 0) is 23.8 Å². The van der Waals surface area contributed by atoms with Gasteiger partial charge in [-0.1, -0.05) is 0 Å². The number of benzene rings is 1. The van der Waals surface area contributed by atoms with Crippen LogP contribution in [0.1, 0.15) is 11.1 Å². The second kappa shape index (κ2) is 5.65. The minimum atomic E-state index is 0.583. The quantitative estimate of drug-likeness (QED) is 0.262. The van der Waals surface area contributed by atoms with Crippen molar-refractivity contribution < 1.29 is 9.47 Å². The molecule has 2 rings (SSSR count). The van der Waals surface area contributed by atoms with Crippen LogP contribution in [0.2, 0.25) is 0 Å². The van der Waals surface area contributed by atoms with Crippen LogP contribution in [-0.4, -0.2) is 32.7 Å². The third-order valence-corrected chi connectivity index (χ3v) is 2.66. The average Bonchev–Trinajstić information content (AvgIpc) is 2.82. The Morgan fingerprint density at radius 2 is 2.47 bits per heavy atom. The lowest BCUT2D eigenvalue weighted by Gasteiger charge is -2.07. The SMILES string of the molecule is COCCN=C(NN)c1ccc2c(c1)CCO2.